The van der Waals surface area contributed by atoms with Gasteiger partial charge in [0.25, 0.3) is 0 Å². The van der Waals surface area contributed by atoms with Gasteiger partial charge in [0.1, 0.15) is 5.75 Å². The Balaban J connectivity index is 1.88. The maximum Gasteiger partial charge on any atom is 0.335 e. The minimum atomic E-state index is -0.885. The van der Waals surface area contributed by atoms with Crippen molar-refractivity contribution in [1.29, 1.82) is 0 Å². The summed E-state index contributed by atoms with van der Waals surface area (Å²) in [7, 11) is 5.97. The van der Waals surface area contributed by atoms with Gasteiger partial charge in [-0.2, -0.15) is 0 Å². The predicted molar refractivity (Wildman–Crippen MR) is 113 cm³/mol. The van der Waals surface area contributed by atoms with E-state index in [9.17, 15) is 9.90 Å². The van der Waals surface area contributed by atoms with Crippen LogP contribution in [0, 0.1) is 5.92 Å². The van der Waals surface area contributed by atoms with Crippen LogP contribution in [-0.2, 0) is 0 Å². The first-order valence-electron chi connectivity index (χ1n) is 9.77. The van der Waals surface area contributed by atoms with E-state index >= 15 is 0 Å². The average Bonchev–Trinajstić information content (AvgIpc) is 2.69. The van der Waals surface area contributed by atoms with E-state index in [0.717, 1.165) is 37.1 Å². The Bertz CT molecular complexity index is 856. The van der Waals surface area contributed by atoms with Crippen molar-refractivity contribution in [2.75, 3.05) is 27.7 Å². The highest BCUT2D eigenvalue weighted by Gasteiger charge is 2.29. The van der Waals surface area contributed by atoms with Crippen LogP contribution in [0.2, 0.25) is 0 Å². The molecule has 4 heteroatoms. The summed E-state index contributed by atoms with van der Waals surface area (Å²) in [5.74, 6) is 1.03. The topological polar surface area (TPSA) is 49.8 Å². The smallest absolute Gasteiger partial charge is 0.335 e. The zero-order valence-electron chi connectivity index (χ0n) is 16.9. The molecule has 148 valence electrons. The molecule has 0 amide bonds. The van der Waals surface area contributed by atoms with Crippen LogP contribution in [0.4, 0.5) is 0 Å². The van der Waals surface area contributed by atoms with Gasteiger partial charge < -0.3 is 14.7 Å². The predicted octanol–water partition coefficient (Wildman–Crippen LogP) is 4.92. The van der Waals surface area contributed by atoms with Crippen LogP contribution in [0.25, 0.3) is 6.08 Å². The molecule has 1 aliphatic carbocycles. The quantitative estimate of drug-likeness (QED) is 0.774. The number of carboxylic acid groups (broad SMARTS) is 1. The van der Waals surface area contributed by atoms with Gasteiger partial charge in [-0.3, -0.25) is 0 Å². The normalized spacial score (nSPS) is 21.1. The minimum Gasteiger partial charge on any atom is -0.497 e. The summed E-state index contributed by atoms with van der Waals surface area (Å²) in [6.45, 7) is 1.06. The fraction of sp³-hybridized carbons (Fsp3) is 0.375. The van der Waals surface area contributed by atoms with Gasteiger partial charge in [0.15, 0.2) is 0 Å². The summed E-state index contributed by atoms with van der Waals surface area (Å²) in [6.07, 6.45) is 5.34. The van der Waals surface area contributed by atoms with Crippen molar-refractivity contribution in [1.82, 2.24) is 4.90 Å². The lowest BCUT2D eigenvalue weighted by atomic mass is 9.73. The number of rotatable bonds is 6. The number of carbonyl (C=O) groups is 1. The van der Waals surface area contributed by atoms with E-state index in [1.165, 1.54) is 11.1 Å². The van der Waals surface area contributed by atoms with Gasteiger partial charge in [0.2, 0.25) is 0 Å². The van der Waals surface area contributed by atoms with Crippen molar-refractivity contribution in [2.24, 2.45) is 5.92 Å². The Kier molecular flexibility index (Phi) is 6.53. The number of aromatic carboxylic acids is 1. The molecule has 3 rings (SSSR count). The van der Waals surface area contributed by atoms with Crippen LogP contribution in [0.5, 0.6) is 5.75 Å². The lowest BCUT2D eigenvalue weighted by molar-refractivity contribution is 0.0697. The van der Waals surface area contributed by atoms with E-state index in [2.05, 4.69) is 43.3 Å². The largest absolute Gasteiger partial charge is 0.497 e. The number of nitrogens with zero attached hydrogens (tertiary/aromatic N) is 1. The van der Waals surface area contributed by atoms with Gasteiger partial charge in [-0.1, -0.05) is 35.9 Å². The second-order valence-electron chi connectivity index (χ2n) is 7.88. The Hall–Kier alpha value is -2.59. The van der Waals surface area contributed by atoms with Crippen molar-refractivity contribution >= 4 is 12.0 Å². The fourth-order valence-corrected chi connectivity index (χ4v) is 4.20. The second kappa shape index (κ2) is 9.07. The molecule has 0 aromatic heterocycles. The van der Waals surface area contributed by atoms with E-state index in [1.807, 2.05) is 18.2 Å². The van der Waals surface area contributed by atoms with Crippen LogP contribution in [-0.4, -0.2) is 43.7 Å². The van der Waals surface area contributed by atoms with Gasteiger partial charge in [0.05, 0.1) is 12.7 Å². The number of ether oxygens (including phenoxy) is 1. The van der Waals surface area contributed by atoms with Crippen LogP contribution >= 0.6 is 0 Å². The molecule has 0 aliphatic heterocycles. The van der Waals surface area contributed by atoms with Crippen LogP contribution in [0.1, 0.15) is 46.7 Å². The lowest BCUT2D eigenvalue weighted by Crippen LogP contribution is -2.29. The first-order valence-corrected chi connectivity index (χ1v) is 9.77. The zero-order valence-corrected chi connectivity index (χ0v) is 16.9. The first kappa shape index (κ1) is 20.2. The van der Waals surface area contributed by atoms with Crippen LogP contribution < -0.4 is 4.74 Å². The Morgan fingerprint density at radius 3 is 2.71 bits per heavy atom. The molecule has 1 saturated carbocycles. The minimum absolute atomic E-state index is 0.333. The highest BCUT2D eigenvalue weighted by molar-refractivity contribution is 5.88. The number of hydrogen-bond acceptors (Lipinski definition) is 3. The van der Waals surface area contributed by atoms with Gasteiger partial charge in [-0.25, -0.2) is 4.79 Å². The summed E-state index contributed by atoms with van der Waals surface area (Å²) >= 11 is 0. The third-order valence-corrected chi connectivity index (χ3v) is 5.51. The van der Waals surface area contributed by atoms with Crippen molar-refractivity contribution in [3.05, 3.63) is 70.8 Å². The molecule has 2 aromatic rings. The molecule has 1 aliphatic rings. The first-order chi connectivity index (χ1) is 13.5. The molecule has 0 saturated heterocycles. The number of allylic oxidation sites excluding steroid dienone is 1. The maximum atomic E-state index is 11.3. The Morgan fingerprint density at radius 2 is 2.00 bits per heavy atom. The molecule has 28 heavy (non-hydrogen) atoms. The molecular formula is C24H29NO3. The van der Waals surface area contributed by atoms with Crippen molar-refractivity contribution in [3.63, 3.8) is 0 Å². The van der Waals surface area contributed by atoms with Gasteiger partial charge in [-0.15, -0.1) is 0 Å². The Morgan fingerprint density at radius 1 is 1.21 bits per heavy atom. The summed E-state index contributed by atoms with van der Waals surface area (Å²) in [6, 6.07) is 15.6. The molecule has 1 unspecified atom stereocenters. The number of benzene rings is 2. The maximum absolute atomic E-state index is 11.3. The standard InChI is InChI=1S/C24H29NO3/c1-25(2)16-21-11-10-18(12-17-6-4-8-20(13-17)24(26)27)14-23(21)19-7-5-9-22(15-19)28-3/h4-9,12-13,15,21,23H,10-11,14,16H2,1-3H3,(H,26,27)/b18-12+/t21-,23?/m1/s1. The van der Waals surface area contributed by atoms with E-state index in [0.29, 0.717) is 17.4 Å². The molecular weight excluding hydrogens is 350 g/mol. The highest BCUT2D eigenvalue weighted by Crippen LogP contribution is 2.42. The van der Waals surface area contributed by atoms with Crippen LogP contribution in [0.3, 0.4) is 0 Å². The number of hydrogen-bond donors (Lipinski definition) is 1. The molecule has 1 fully saturated rings. The third kappa shape index (κ3) is 5.02. The van der Waals surface area contributed by atoms with Crippen molar-refractivity contribution in [3.8, 4) is 5.75 Å². The monoisotopic (exact) mass is 379 g/mol. The molecule has 0 radical (unpaired) electrons. The summed E-state index contributed by atoms with van der Waals surface area (Å²) in [4.78, 5) is 13.5. The van der Waals surface area contributed by atoms with E-state index in [4.69, 9.17) is 4.74 Å². The molecule has 1 N–H and O–H groups in total. The van der Waals surface area contributed by atoms with E-state index in [1.54, 1.807) is 19.2 Å². The molecule has 2 atom stereocenters. The second-order valence-corrected chi connectivity index (χ2v) is 7.88. The van der Waals surface area contributed by atoms with Crippen LogP contribution in [0.15, 0.2) is 54.1 Å². The third-order valence-electron chi connectivity index (χ3n) is 5.51. The van der Waals surface area contributed by atoms with Crippen molar-refractivity contribution < 1.29 is 14.6 Å². The SMILES string of the molecule is COc1cccc(C2C/C(=C/c3cccc(C(=O)O)c3)CC[C@@H]2CN(C)C)c1. The van der Waals surface area contributed by atoms with Gasteiger partial charge in [-0.05, 0) is 80.6 Å². The average molecular weight is 380 g/mol. The van der Waals surface area contributed by atoms with Gasteiger partial charge in [0, 0.05) is 6.54 Å². The molecule has 2 aromatic carbocycles. The molecule has 0 spiro atoms. The number of methoxy groups -OCH3 is 1. The van der Waals surface area contributed by atoms with Gasteiger partial charge >= 0.3 is 5.97 Å². The van der Waals surface area contributed by atoms with E-state index in [-0.39, 0.29) is 0 Å². The zero-order chi connectivity index (χ0) is 20.1. The summed E-state index contributed by atoms with van der Waals surface area (Å²) in [5.41, 5.74) is 3.99. The molecule has 4 nitrogen and oxygen atoms in total. The van der Waals surface area contributed by atoms with E-state index < -0.39 is 5.97 Å². The number of carboxylic acids is 1. The molecule has 0 heterocycles. The summed E-state index contributed by atoms with van der Waals surface area (Å²) in [5, 5.41) is 9.24. The van der Waals surface area contributed by atoms with Crippen molar-refractivity contribution in [2.45, 2.75) is 25.2 Å². The molecule has 0 bridgehead atoms. The highest BCUT2D eigenvalue weighted by atomic mass is 16.5. The lowest BCUT2D eigenvalue weighted by Gasteiger charge is -2.35. The fourth-order valence-electron chi connectivity index (χ4n) is 4.20. The Labute approximate surface area is 167 Å². The summed E-state index contributed by atoms with van der Waals surface area (Å²) < 4.78 is 5.44.